The van der Waals surface area contributed by atoms with E-state index in [1.807, 2.05) is 0 Å². The fraction of sp³-hybridized carbons (Fsp3) is 0.474. The minimum absolute atomic E-state index is 0.193. The highest BCUT2D eigenvalue weighted by atomic mass is 79.9. The van der Waals surface area contributed by atoms with Crippen LogP contribution in [0.1, 0.15) is 26.3 Å². The highest BCUT2D eigenvalue weighted by Crippen LogP contribution is 2.36. The molecule has 2 rings (SSSR count). The van der Waals surface area contributed by atoms with Crippen molar-refractivity contribution in [2.45, 2.75) is 55.5 Å². The number of carbonyl (C=O) groups is 3. The Morgan fingerprint density at radius 2 is 1.80 bits per heavy atom. The molecule has 30 heavy (non-hydrogen) atoms. The van der Waals surface area contributed by atoms with Crippen LogP contribution in [0.5, 0.6) is 0 Å². The molecule has 2 N–H and O–H groups in total. The summed E-state index contributed by atoms with van der Waals surface area (Å²) < 4.78 is 22.3. The summed E-state index contributed by atoms with van der Waals surface area (Å²) in [4.78, 5) is 35.2. The summed E-state index contributed by atoms with van der Waals surface area (Å²) in [5, 5.41) is 9.08. The smallest absolute Gasteiger partial charge is 0.303 e. The van der Waals surface area contributed by atoms with E-state index in [2.05, 4.69) is 22.0 Å². The molecule has 0 radical (unpaired) electrons. The number of hydrogen-bond acceptors (Lipinski definition) is 10. The zero-order valence-electron chi connectivity index (χ0n) is 16.5. The Hall–Kier alpha value is -2.13. The minimum Gasteiger partial charge on any atom is -0.463 e. The minimum atomic E-state index is -0.990. The predicted molar refractivity (Wildman–Crippen MR) is 109 cm³/mol. The van der Waals surface area contributed by atoms with Crippen molar-refractivity contribution >= 4 is 45.6 Å². The molecule has 0 aliphatic carbocycles. The van der Waals surface area contributed by atoms with Crippen molar-refractivity contribution in [1.82, 2.24) is 0 Å². The van der Waals surface area contributed by atoms with Gasteiger partial charge in [0.1, 0.15) is 30.3 Å². The van der Waals surface area contributed by atoms with Crippen LogP contribution in [0.15, 0.2) is 27.6 Å². The molecule has 11 heteroatoms. The Kier molecular flexibility index (Phi) is 8.66. The third kappa shape index (κ3) is 6.43. The molecule has 0 spiro atoms. The van der Waals surface area contributed by atoms with E-state index < -0.39 is 47.7 Å². The van der Waals surface area contributed by atoms with Gasteiger partial charge in [0.05, 0.1) is 11.6 Å². The molecular weight excluding hydrogens is 480 g/mol. The predicted octanol–water partition coefficient (Wildman–Crippen LogP) is 1.89. The van der Waals surface area contributed by atoms with Crippen LogP contribution in [0.4, 0.5) is 0 Å². The number of halogens is 1. The molecule has 1 aromatic carbocycles. The summed E-state index contributed by atoms with van der Waals surface area (Å²) in [7, 11) is 0. The van der Waals surface area contributed by atoms with Gasteiger partial charge in [-0.25, -0.2) is 0 Å². The average Bonchev–Trinajstić information content (AvgIpc) is 2.65. The van der Waals surface area contributed by atoms with Gasteiger partial charge in [-0.2, -0.15) is 5.26 Å². The zero-order chi connectivity index (χ0) is 22.4. The zero-order valence-corrected chi connectivity index (χ0v) is 18.9. The molecule has 1 fully saturated rings. The van der Waals surface area contributed by atoms with E-state index in [4.69, 9.17) is 29.9 Å². The first kappa shape index (κ1) is 24.1. The maximum Gasteiger partial charge on any atom is 0.303 e. The molecule has 1 aromatic rings. The van der Waals surface area contributed by atoms with Gasteiger partial charge in [-0.1, -0.05) is 11.8 Å². The number of nitriles is 1. The van der Waals surface area contributed by atoms with Crippen LogP contribution in [0, 0.1) is 11.3 Å². The van der Waals surface area contributed by atoms with Gasteiger partial charge in [-0.3, -0.25) is 14.4 Å². The lowest BCUT2D eigenvalue weighted by molar-refractivity contribution is -0.201. The van der Waals surface area contributed by atoms with Gasteiger partial charge >= 0.3 is 17.9 Å². The monoisotopic (exact) mass is 500 g/mol. The van der Waals surface area contributed by atoms with Gasteiger partial charge in [-0.15, -0.1) is 0 Å². The number of benzene rings is 1. The quantitative estimate of drug-likeness (QED) is 0.454. The summed E-state index contributed by atoms with van der Waals surface area (Å²) in [6, 6.07) is 6.20. The SMILES string of the molecule is CC(=O)OCC1OC(Sc2ccc(C#N)c(Br)c2)C(OC(C)=O)C(N)C1OC(C)=O. The number of hydrogen-bond donors (Lipinski definition) is 1. The van der Waals surface area contributed by atoms with Crippen molar-refractivity contribution in [3.8, 4) is 6.07 Å². The van der Waals surface area contributed by atoms with E-state index in [0.717, 1.165) is 0 Å². The average molecular weight is 501 g/mol. The van der Waals surface area contributed by atoms with Crippen molar-refractivity contribution in [1.29, 1.82) is 5.26 Å². The molecule has 0 bridgehead atoms. The molecule has 0 saturated carbocycles. The van der Waals surface area contributed by atoms with Crippen LogP contribution in [-0.2, 0) is 33.3 Å². The first-order valence-electron chi connectivity index (χ1n) is 8.87. The van der Waals surface area contributed by atoms with E-state index in [0.29, 0.717) is 14.9 Å². The van der Waals surface area contributed by atoms with Crippen molar-refractivity contribution in [3.63, 3.8) is 0 Å². The van der Waals surface area contributed by atoms with Crippen molar-refractivity contribution in [3.05, 3.63) is 28.2 Å². The largest absolute Gasteiger partial charge is 0.463 e. The third-order valence-electron chi connectivity index (χ3n) is 4.07. The van der Waals surface area contributed by atoms with Gasteiger partial charge < -0.3 is 24.7 Å². The van der Waals surface area contributed by atoms with Crippen molar-refractivity contribution < 1.29 is 33.3 Å². The highest BCUT2D eigenvalue weighted by Gasteiger charge is 2.48. The first-order chi connectivity index (χ1) is 14.1. The fourth-order valence-corrected chi connectivity index (χ4v) is 4.63. The number of carbonyl (C=O) groups excluding carboxylic acids is 3. The molecule has 1 aliphatic heterocycles. The Morgan fingerprint density at radius 3 is 2.33 bits per heavy atom. The summed E-state index contributed by atoms with van der Waals surface area (Å²) >= 11 is 4.54. The van der Waals surface area contributed by atoms with E-state index in [-0.39, 0.29) is 6.61 Å². The van der Waals surface area contributed by atoms with E-state index in [1.54, 1.807) is 18.2 Å². The summed E-state index contributed by atoms with van der Waals surface area (Å²) in [6.45, 7) is 3.50. The van der Waals surface area contributed by atoms with Gasteiger partial charge in [0.2, 0.25) is 0 Å². The van der Waals surface area contributed by atoms with Gasteiger partial charge in [0.15, 0.2) is 6.10 Å². The molecule has 0 amide bonds. The molecular formula is C19H21BrN2O7S. The number of esters is 3. The second-order valence-corrected chi connectivity index (χ2v) is 8.47. The van der Waals surface area contributed by atoms with Crippen LogP contribution in [0.25, 0.3) is 0 Å². The van der Waals surface area contributed by atoms with Crippen molar-refractivity contribution in [2.75, 3.05) is 6.61 Å². The molecule has 1 saturated heterocycles. The van der Waals surface area contributed by atoms with Crippen LogP contribution in [0.3, 0.4) is 0 Å². The van der Waals surface area contributed by atoms with Gasteiger partial charge in [-0.05, 0) is 34.1 Å². The molecule has 5 unspecified atom stereocenters. The lowest BCUT2D eigenvalue weighted by Gasteiger charge is -2.43. The van der Waals surface area contributed by atoms with Crippen molar-refractivity contribution in [2.24, 2.45) is 5.73 Å². The number of nitrogens with two attached hydrogens (primary N) is 1. The normalized spacial score (nSPS) is 25.7. The fourth-order valence-electron chi connectivity index (χ4n) is 2.84. The molecule has 1 heterocycles. The molecule has 162 valence electrons. The standard InChI is InChI=1S/C19H21BrN2O7S/c1-9(23)26-8-15-17(27-10(2)24)16(22)18(28-11(3)25)19(29-15)30-13-5-4-12(7-21)14(20)6-13/h4-6,15-19H,8,22H2,1-3H3. The highest BCUT2D eigenvalue weighted by molar-refractivity contribution is 9.10. The molecule has 1 aliphatic rings. The second-order valence-electron chi connectivity index (χ2n) is 6.44. The first-order valence-corrected chi connectivity index (χ1v) is 10.5. The Bertz CT molecular complexity index is 858. The van der Waals surface area contributed by atoms with Crippen LogP contribution < -0.4 is 5.73 Å². The second kappa shape index (κ2) is 10.8. The lowest BCUT2D eigenvalue weighted by atomic mass is 9.97. The van der Waals surface area contributed by atoms with Crippen LogP contribution in [0.2, 0.25) is 0 Å². The topological polar surface area (TPSA) is 138 Å². The van der Waals surface area contributed by atoms with Crippen LogP contribution in [-0.4, -0.2) is 54.3 Å². The number of rotatable bonds is 6. The van der Waals surface area contributed by atoms with E-state index >= 15 is 0 Å². The molecule has 5 atom stereocenters. The van der Waals surface area contributed by atoms with Crippen LogP contribution >= 0.6 is 27.7 Å². The third-order valence-corrected chi connectivity index (χ3v) is 5.86. The Morgan fingerprint density at radius 1 is 1.17 bits per heavy atom. The number of nitrogens with zero attached hydrogens (tertiary/aromatic N) is 1. The van der Waals surface area contributed by atoms with E-state index in [1.165, 1.54) is 32.5 Å². The van der Waals surface area contributed by atoms with Gasteiger partial charge in [0.25, 0.3) is 0 Å². The Balaban J connectivity index is 2.33. The molecule has 0 aromatic heterocycles. The summed E-state index contributed by atoms with van der Waals surface area (Å²) in [6.07, 6.45) is -2.80. The number of thioether (sulfide) groups is 1. The number of ether oxygens (including phenoxy) is 4. The van der Waals surface area contributed by atoms with E-state index in [9.17, 15) is 14.4 Å². The summed E-state index contributed by atoms with van der Waals surface area (Å²) in [5.74, 6) is -1.71. The maximum absolute atomic E-state index is 11.7. The lowest BCUT2D eigenvalue weighted by Crippen LogP contribution is -2.63. The summed E-state index contributed by atoms with van der Waals surface area (Å²) in [5.41, 5.74) is 5.97. The maximum atomic E-state index is 11.7. The Labute approximate surface area is 186 Å². The molecule has 9 nitrogen and oxygen atoms in total. The van der Waals surface area contributed by atoms with Gasteiger partial charge in [0, 0.05) is 30.1 Å².